The SMILES string of the molecule is c1cc2nonc2cc1CN(CC1CCN(C2CCCC2)CC1)CC1CCCO1. The first-order valence-electron chi connectivity index (χ1n) is 11.6. The van der Waals surface area contributed by atoms with Crippen LogP contribution in [0.4, 0.5) is 0 Å². The molecule has 0 amide bonds. The van der Waals surface area contributed by atoms with Crippen LogP contribution in [0.1, 0.15) is 56.9 Å². The summed E-state index contributed by atoms with van der Waals surface area (Å²) in [6.45, 7) is 6.67. The molecule has 1 saturated carbocycles. The zero-order chi connectivity index (χ0) is 19.5. The molecule has 1 aromatic carbocycles. The summed E-state index contributed by atoms with van der Waals surface area (Å²) in [6, 6.07) is 7.18. The van der Waals surface area contributed by atoms with Gasteiger partial charge in [0, 0.05) is 32.3 Å². The minimum atomic E-state index is 0.394. The molecule has 0 spiro atoms. The van der Waals surface area contributed by atoms with Gasteiger partial charge in [0.05, 0.1) is 6.10 Å². The highest BCUT2D eigenvalue weighted by Gasteiger charge is 2.29. The molecule has 0 N–H and O–H groups in total. The molecule has 1 aromatic heterocycles. The standard InChI is InChI=1S/C23H34N4O2/c1-2-5-20(4-1)27-11-9-18(10-12-27)15-26(17-21-6-3-13-28-21)16-19-7-8-22-23(14-19)25-29-24-22/h7-8,14,18,20-21H,1-6,9-13,15-17H2. The first-order valence-corrected chi connectivity index (χ1v) is 11.6. The van der Waals surface area contributed by atoms with E-state index in [1.54, 1.807) is 0 Å². The number of hydrogen-bond donors (Lipinski definition) is 0. The van der Waals surface area contributed by atoms with Gasteiger partial charge in [-0.05, 0) is 85.5 Å². The number of piperidine rings is 1. The van der Waals surface area contributed by atoms with Crippen LogP contribution in [0.2, 0.25) is 0 Å². The quantitative estimate of drug-likeness (QED) is 0.706. The molecule has 6 heteroatoms. The lowest BCUT2D eigenvalue weighted by molar-refractivity contribution is 0.0540. The second-order valence-electron chi connectivity index (χ2n) is 9.33. The number of nitrogens with zero attached hydrogens (tertiary/aromatic N) is 4. The third kappa shape index (κ3) is 4.81. The summed E-state index contributed by atoms with van der Waals surface area (Å²) in [5, 5.41) is 7.95. The van der Waals surface area contributed by atoms with E-state index in [1.807, 2.05) is 6.07 Å². The monoisotopic (exact) mass is 398 g/mol. The maximum atomic E-state index is 5.97. The molecular formula is C23H34N4O2. The van der Waals surface area contributed by atoms with Gasteiger partial charge in [0.2, 0.25) is 0 Å². The summed E-state index contributed by atoms with van der Waals surface area (Å²) in [7, 11) is 0. The van der Waals surface area contributed by atoms with Gasteiger partial charge in [-0.3, -0.25) is 4.90 Å². The van der Waals surface area contributed by atoms with Crippen LogP contribution in [0, 0.1) is 5.92 Å². The van der Waals surface area contributed by atoms with E-state index < -0.39 is 0 Å². The fourth-order valence-corrected chi connectivity index (χ4v) is 5.60. The zero-order valence-corrected chi connectivity index (χ0v) is 17.5. The van der Waals surface area contributed by atoms with Gasteiger partial charge in [-0.25, -0.2) is 4.63 Å². The molecule has 1 atom stereocenters. The van der Waals surface area contributed by atoms with Crippen molar-refractivity contribution in [2.45, 2.75) is 70.1 Å². The third-order valence-corrected chi connectivity index (χ3v) is 7.22. The molecule has 29 heavy (non-hydrogen) atoms. The highest BCUT2D eigenvalue weighted by Crippen LogP contribution is 2.29. The van der Waals surface area contributed by atoms with Crippen molar-refractivity contribution in [3.8, 4) is 0 Å². The van der Waals surface area contributed by atoms with Gasteiger partial charge >= 0.3 is 0 Å². The minimum absolute atomic E-state index is 0.394. The third-order valence-electron chi connectivity index (χ3n) is 7.22. The van der Waals surface area contributed by atoms with Crippen LogP contribution in [0.25, 0.3) is 11.0 Å². The van der Waals surface area contributed by atoms with Crippen molar-refractivity contribution in [2.24, 2.45) is 5.92 Å². The Balaban J connectivity index is 1.21. The van der Waals surface area contributed by atoms with Crippen LogP contribution in [0.5, 0.6) is 0 Å². The lowest BCUT2D eigenvalue weighted by atomic mass is 9.94. The Morgan fingerprint density at radius 2 is 1.76 bits per heavy atom. The summed E-state index contributed by atoms with van der Waals surface area (Å²) >= 11 is 0. The average molecular weight is 399 g/mol. The number of fused-ring (bicyclic) bond motifs is 1. The Kier molecular flexibility index (Phi) is 6.11. The van der Waals surface area contributed by atoms with Gasteiger partial charge in [-0.1, -0.05) is 18.9 Å². The van der Waals surface area contributed by atoms with Gasteiger partial charge in [0.15, 0.2) is 0 Å². The van der Waals surface area contributed by atoms with Crippen LogP contribution in [0.3, 0.4) is 0 Å². The molecule has 158 valence electrons. The highest BCUT2D eigenvalue weighted by atomic mass is 16.6. The predicted molar refractivity (Wildman–Crippen MR) is 113 cm³/mol. The summed E-state index contributed by atoms with van der Waals surface area (Å²) in [4.78, 5) is 5.40. The predicted octanol–water partition coefficient (Wildman–Crippen LogP) is 3.86. The van der Waals surface area contributed by atoms with Crippen LogP contribution >= 0.6 is 0 Å². The highest BCUT2D eigenvalue weighted by molar-refractivity contribution is 5.73. The van der Waals surface area contributed by atoms with Crippen LogP contribution in [-0.2, 0) is 11.3 Å². The topological polar surface area (TPSA) is 54.6 Å². The Hall–Kier alpha value is -1.50. The molecular weight excluding hydrogens is 364 g/mol. The fraction of sp³-hybridized carbons (Fsp3) is 0.739. The fourth-order valence-electron chi connectivity index (χ4n) is 5.60. The van der Waals surface area contributed by atoms with Gasteiger partial charge in [0.25, 0.3) is 0 Å². The van der Waals surface area contributed by atoms with E-state index in [0.717, 1.165) is 42.7 Å². The summed E-state index contributed by atoms with van der Waals surface area (Å²) in [5.74, 6) is 0.798. The second-order valence-corrected chi connectivity index (χ2v) is 9.33. The van der Waals surface area contributed by atoms with Crippen molar-refractivity contribution in [3.05, 3.63) is 23.8 Å². The Bertz CT molecular complexity index is 774. The molecule has 1 aliphatic carbocycles. The molecule has 5 rings (SSSR count). The molecule has 6 nitrogen and oxygen atoms in total. The molecule has 2 aromatic rings. The van der Waals surface area contributed by atoms with Gasteiger partial charge < -0.3 is 9.64 Å². The van der Waals surface area contributed by atoms with E-state index in [-0.39, 0.29) is 0 Å². The number of rotatable bonds is 7. The number of ether oxygens (including phenoxy) is 1. The van der Waals surface area contributed by atoms with Crippen molar-refractivity contribution < 1.29 is 9.37 Å². The van der Waals surface area contributed by atoms with E-state index >= 15 is 0 Å². The lowest BCUT2D eigenvalue weighted by Crippen LogP contribution is -2.43. The smallest absolute Gasteiger partial charge is 0.135 e. The molecule has 3 fully saturated rings. The van der Waals surface area contributed by atoms with Crippen molar-refractivity contribution in [1.82, 2.24) is 20.1 Å². The minimum Gasteiger partial charge on any atom is -0.377 e. The number of benzene rings is 1. The molecule has 3 heterocycles. The Morgan fingerprint density at radius 3 is 2.55 bits per heavy atom. The zero-order valence-electron chi connectivity index (χ0n) is 17.5. The van der Waals surface area contributed by atoms with E-state index in [0.29, 0.717) is 6.10 Å². The molecule has 3 aliphatic rings. The van der Waals surface area contributed by atoms with E-state index in [2.05, 4.69) is 32.2 Å². The molecule has 2 aliphatic heterocycles. The molecule has 1 unspecified atom stereocenters. The maximum Gasteiger partial charge on any atom is 0.135 e. The second kappa shape index (κ2) is 9.11. The van der Waals surface area contributed by atoms with Crippen LogP contribution in [-0.4, -0.2) is 65.0 Å². The van der Waals surface area contributed by atoms with Crippen molar-refractivity contribution in [3.63, 3.8) is 0 Å². The summed E-state index contributed by atoms with van der Waals surface area (Å²) < 4.78 is 10.8. The summed E-state index contributed by atoms with van der Waals surface area (Å²) in [5.41, 5.74) is 2.97. The Labute approximate surface area is 173 Å². The Morgan fingerprint density at radius 1 is 0.931 bits per heavy atom. The van der Waals surface area contributed by atoms with Crippen LogP contribution < -0.4 is 0 Å². The van der Waals surface area contributed by atoms with Gasteiger partial charge in [0.1, 0.15) is 11.0 Å². The molecule has 0 bridgehead atoms. The largest absolute Gasteiger partial charge is 0.377 e. The van der Waals surface area contributed by atoms with Crippen molar-refractivity contribution >= 4 is 11.0 Å². The average Bonchev–Trinajstić information content (AvgIpc) is 3.51. The van der Waals surface area contributed by atoms with E-state index in [9.17, 15) is 0 Å². The number of hydrogen-bond acceptors (Lipinski definition) is 6. The number of aromatic nitrogens is 2. The first-order chi connectivity index (χ1) is 14.3. The normalized spacial score (nSPS) is 24.9. The van der Waals surface area contributed by atoms with Crippen LogP contribution in [0.15, 0.2) is 22.8 Å². The maximum absolute atomic E-state index is 5.97. The molecule has 0 radical (unpaired) electrons. The van der Waals surface area contributed by atoms with Gasteiger partial charge in [-0.2, -0.15) is 0 Å². The lowest BCUT2D eigenvalue weighted by Gasteiger charge is -2.38. The summed E-state index contributed by atoms with van der Waals surface area (Å²) in [6.07, 6.45) is 11.2. The van der Waals surface area contributed by atoms with Gasteiger partial charge in [-0.15, -0.1) is 0 Å². The van der Waals surface area contributed by atoms with Crippen molar-refractivity contribution in [2.75, 3.05) is 32.8 Å². The first kappa shape index (κ1) is 19.5. The van der Waals surface area contributed by atoms with E-state index in [1.165, 1.54) is 76.6 Å². The van der Waals surface area contributed by atoms with E-state index in [4.69, 9.17) is 9.37 Å². The van der Waals surface area contributed by atoms with Crippen molar-refractivity contribution in [1.29, 1.82) is 0 Å². The molecule has 2 saturated heterocycles. The number of likely N-dealkylation sites (tertiary alicyclic amines) is 1.